The molecule has 7 nitrogen and oxygen atoms in total. The van der Waals surface area contributed by atoms with E-state index in [1.54, 1.807) is 0 Å². The summed E-state index contributed by atoms with van der Waals surface area (Å²) in [6.07, 6.45) is 0.867. The summed E-state index contributed by atoms with van der Waals surface area (Å²) in [5.41, 5.74) is 5.08. The molecular formula is C28H28N6O. The number of nitrogens with one attached hydrogen (secondary N) is 1. The lowest BCUT2D eigenvalue weighted by Gasteiger charge is -2.22. The third-order valence-electron chi connectivity index (χ3n) is 6.18. The zero-order valence-corrected chi connectivity index (χ0v) is 19.8. The number of H-pyrrole nitrogens is 1. The van der Waals surface area contributed by atoms with Gasteiger partial charge in [0.1, 0.15) is 0 Å². The van der Waals surface area contributed by atoms with Gasteiger partial charge in [-0.3, -0.25) is 9.69 Å². The molecule has 176 valence electrons. The number of pyridine rings is 1. The molecule has 2 aromatic heterocycles. The van der Waals surface area contributed by atoms with Gasteiger partial charge in [0, 0.05) is 24.2 Å². The highest BCUT2D eigenvalue weighted by atomic mass is 16.1. The highest BCUT2D eigenvalue weighted by Gasteiger charge is 2.16. The van der Waals surface area contributed by atoms with Crippen molar-refractivity contribution in [1.82, 2.24) is 30.1 Å². The van der Waals surface area contributed by atoms with Gasteiger partial charge in [-0.05, 0) is 58.5 Å². The fourth-order valence-corrected chi connectivity index (χ4v) is 4.29. The minimum Gasteiger partial charge on any atom is -0.322 e. The Bertz CT molecular complexity index is 1460. The maximum Gasteiger partial charge on any atom is 0.252 e. The van der Waals surface area contributed by atoms with Crippen LogP contribution in [0.4, 0.5) is 0 Å². The van der Waals surface area contributed by atoms with E-state index in [4.69, 9.17) is 0 Å². The van der Waals surface area contributed by atoms with Gasteiger partial charge in [-0.1, -0.05) is 72.3 Å². The van der Waals surface area contributed by atoms with Gasteiger partial charge in [0.15, 0.2) is 5.82 Å². The van der Waals surface area contributed by atoms with Gasteiger partial charge < -0.3 is 4.98 Å². The summed E-state index contributed by atoms with van der Waals surface area (Å²) in [7, 11) is 0. The van der Waals surface area contributed by atoms with Crippen LogP contribution in [0.3, 0.4) is 0 Å². The normalized spacial score (nSPS) is 11.4. The van der Waals surface area contributed by atoms with Crippen LogP contribution in [0.2, 0.25) is 0 Å². The highest BCUT2D eigenvalue weighted by molar-refractivity contribution is 5.79. The van der Waals surface area contributed by atoms with E-state index in [0.29, 0.717) is 19.6 Å². The number of tetrazole rings is 1. The SMILES string of the molecule is Cc1ccc2[nH]c(=O)c(CN(CCc3ccccc3)Cc3nnnn3Cc3ccccc3)cc2c1. The fraction of sp³-hybridized carbons (Fsp3) is 0.214. The second kappa shape index (κ2) is 10.4. The van der Waals surface area contributed by atoms with Gasteiger partial charge in [-0.25, -0.2) is 4.68 Å². The molecule has 0 atom stereocenters. The van der Waals surface area contributed by atoms with Gasteiger partial charge in [0.2, 0.25) is 0 Å². The van der Waals surface area contributed by atoms with Crippen LogP contribution in [-0.2, 0) is 26.1 Å². The van der Waals surface area contributed by atoms with E-state index >= 15 is 0 Å². The lowest BCUT2D eigenvalue weighted by Crippen LogP contribution is -2.30. The fourth-order valence-electron chi connectivity index (χ4n) is 4.29. The quantitative estimate of drug-likeness (QED) is 0.355. The number of aromatic nitrogens is 5. The van der Waals surface area contributed by atoms with Crippen LogP contribution in [0.5, 0.6) is 0 Å². The number of aryl methyl sites for hydroxylation is 1. The Morgan fingerprint density at radius 2 is 1.63 bits per heavy atom. The summed E-state index contributed by atoms with van der Waals surface area (Å²) < 4.78 is 1.83. The Labute approximate surface area is 204 Å². The van der Waals surface area contributed by atoms with Crippen molar-refractivity contribution < 1.29 is 0 Å². The second-order valence-electron chi connectivity index (χ2n) is 8.90. The summed E-state index contributed by atoms with van der Waals surface area (Å²) in [5, 5.41) is 13.5. The van der Waals surface area contributed by atoms with Gasteiger partial charge in [-0.2, -0.15) is 0 Å². The third-order valence-corrected chi connectivity index (χ3v) is 6.18. The lowest BCUT2D eigenvalue weighted by molar-refractivity contribution is 0.248. The first kappa shape index (κ1) is 22.7. The Hall–Kier alpha value is -4.10. The summed E-state index contributed by atoms with van der Waals surface area (Å²) in [6, 6.07) is 28.6. The van der Waals surface area contributed by atoms with Gasteiger partial charge in [-0.15, -0.1) is 5.10 Å². The van der Waals surface area contributed by atoms with E-state index in [1.807, 2.05) is 47.1 Å². The number of hydrogen-bond donors (Lipinski definition) is 1. The minimum atomic E-state index is -0.0602. The molecule has 3 aromatic carbocycles. The largest absolute Gasteiger partial charge is 0.322 e. The molecular weight excluding hydrogens is 436 g/mol. The van der Waals surface area contributed by atoms with Crippen molar-refractivity contribution in [2.24, 2.45) is 0 Å². The van der Waals surface area contributed by atoms with Crippen molar-refractivity contribution in [1.29, 1.82) is 0 Å². The van der Waals surface area contributed by atoms with Crippen molar-refractivity contribution in [3.63, 3.8) is 0 Å². The zero-order chi connectivity index (χ0) is 24.0. The second-order valence-corrected chi connectivity index (χ2v) is 8.90. The van der Waals surface area contributed by atoms with E-state index in [2.05, 4.69) is 74.8 Å². The standard InChI is InChI=1S/C28H28N6O/c1-21-12-13-26-24(16-21)17-25(28(35)29-26)19-33(15-14-22-8-4-2-5-9-22)20-27-30-31-32-34(27)18-23-10-6-3-7-11-23/h2-13,16-17H,14-15,18-20H2,1H3,(H,29,35). The molecule has 0 aliphatic rings. The molecule has 7 heteroatoms. The van der Waals surface area contributed by atoms with E-state index < -0.39 is 0 Å². The zero-order valence-electron chi connectivity index (χ0n) is 19.8. The maximum absolute atomic E-state index is 12.9. The monoisotopic (exact) mass is 464 g/mol. The molecule has 0 aliphatic carbocycles. The summed E-state index contributed by atoms with van der Waals surface area (Å²) in [5.74, 6) is 0.773. The average molecular weight is 465 g/mol. The molecule has 0 saturated carbocycles. The van der Waals surface area contributed by atoms with Crippen LogP contribution in [0.25, 0.3) is 10.9 Å². The number of fused-ring (bicyclic) bond motifs is 1. The Balaban J connectivity index is 1.41. The molecule has 0 spiro atoms. The Morgan fingerprint density at radius 3 is 2.40 bits per heavy atom. The van der Waals surface area contributed by atoms with Gasteiger partial charge in [0.25, 0.3) is 5.56 Å². The predicted octanol–water partition coefficient (Wildman–Crippen LogP) is 4.12. The number of benzene rings is 3. The van der Waals surface area contributed by atoms with Crippen molar-refractivity contribution in [3.8, 4) is 0 Å². The van der Waals surface area contributed by atoms with E-state index in [0.717, 1.165) is 46.4 Å². The molecule has 5 aromatic rings. The molecule has 0 fully saturated rings. The van der Waals surface area contributed by atoms with Crippen molar-refractivity contribution >= 4 is 10.9 Å². The van der Waals surface area contributed by atoms with Gasteiger partial charge >= 0.3 is 0 Å². The molecule has 0 amide bonds. The van der Waals surface area contributed by atoms with E-state index in [-0.39, 0.29) is 5.56 Å². The van der Waals surface area contributed by atoms with Crippen LogP contribution >= 0.6 is 0 Å². The summed E-state index contributed by atoms with van der Waals surface area (Å²) >= 11 is 0. The summed E-state index contributed by atoms with van der Waals surface area (Å²) in [6.45, 7) is 4.48. The first-order valence-electron chi connectivity index (χ1n) is 11.8. The number of hydrogen-bond acceptors (Lipinski definition) is 5. The molecule has 0 radical (unpaired) electrons. The van der Waals surface area contributed by atoms with E-state index in [1.165, 1.54) is 5.56 Å². The highest BCUT2D eigenvalue weighted by Crippen LogP contribution is 2.16. The number of aromatic amines is 1. The molecule has 2 heterocycles. The minimum absolute atomic E-state index is 0.0602. The smallest absolute Gasteiger partial charge is 0.252 e. The maximum atomic E-state index is 12.9. The predicted molar refractivity (Wildman–Crippen MR) is 137 cm³/mol. The van der Waals surface area contributed by atoms with Crippen LogP contribution < -0.4 is 5.56 Å². The molecule has 5 rings (SSSR count). The lowest BCUT2D eigenvalue weighted by atomic mass is 10.1. The van der Waals surface area contributed by atoms with Crippen LogP contribution in [0.1, 0.15) is 28.1 Å². The molecule has 0 unspecified atom stereocenters. The van der Waals surface area contributed by atoms with Crippen molar-refractivity contribution in [3.05, 3.63) is 123 Å². The molecule has 0 saturated heterocycles. The molecule has 0 bridgehead atoms. The van der Waals surface area contributed by atoms with Crippen LogP contribution in [0.15, 0.2) is 89.7 Å². The Morgan fingerprint density at radius 1 is 0.886 bits per heavy atom. The average Bonchev–Trinajstić information content (AvgIpc) is 3.30. The molecule has 1 N–H and O–H groups in total. The Kier molecular flexibility index (Phi) is 6.77. The first-order valence-corrected chi connectivity index (χ1v) is 11.8. The summed E-state index contributed by atoms with van der Waals surface area (Å²) in [4.78, 5) is 18.2. The molecule has 35 heavy (non-hydrogen) atoms. The van der Waals surface area contributed by atoms with Crippen LogP contribution in [-0.4, -0.2) is 36.6 Å². The number of nitrogens with zero attached hydrogens (tertiary/aromatic N) is 5. The third kappa shape index (κ3) is 5.70. The number of rotatable bonds is 9. The van der Waals surface area contributed by atoms with E-state index in [9.17, 15) is 4.79 Å². The van der Waals surface area contributed by atoms with Gasteiger partial charge in [0.05, 0.1) is 13.1 Å². The topological polar surface area (TPSA) is 79.7 Å². The van der Waals surface area contributed by atoms with Crippen molar-refractivity contribution in [2.75, 3.05) is 6.54 Å². The van der Waals surface area contributed by atoms with Crippen molar-refractivity contribution in [2.45, 2.75) is 33.0 Å². The first-order chi connectivity index (χ1) is 17.1. The van der Waals surface area contributed by atoms with Crippen LogP contribution in [0, 0.1) is 6.92 Å². The molecule has 0 aliphatic heterocycles.